The molecule has 0 aliphatic carbocycles. The molecule has 1 rings (SSSR count). The molecule has 0 radical (unpaired) electrons. The SMILES string of the molecule is CCCCN(CCCC)N1CCSCC1. The summed E-state index contributed by atoms with van der Waals surface area (Å²) in [5.41, 5.74) is 0. The van der Waals surface area contributed by atoms with Gasteiger partial charge in [-0.2, -0.15) is 11.8 Å². The Bertz CT molecular complexity index is 139. The van der Waals surface area contributed by atoms with Crippen LogP contribution >= 0.6 is 11.8 Å². The topological polar surface area (TPSA) is 6.48 Å². The molecular weight excluding hydrogens is 204 g/mol. The minimum atomic E-state index is 1.26. The van der Waals surface area contributed by atoms with Crippen molar-refractivity contribution in [1.29, 1.82) is 0 Å². The van der Waals surface area contributed by atoms with E-state index in [2.05, 4.69) is 35.6 Å². The number of thioether (sulfide) groups is 1. The highest BCUT2D eigenvalue weighted by Gasteiger charge is 2.16. The normalized spacial score (nSPS) is 18.6. The predicted octanol–water partition coefficient (Wildman–Crippen LogP) is 2.85. The lowest BCUT2D eigenvalue weighted by molar-refractivity contribution is -0.0187. The molecule has 0 bridgehead atoms. The Kier molecular flexibility index (Phi) is 7.49. The van der Waals surface area contributed by atoms with Gasteiger partial charge in [-0.15, -0.1) is 0 Å². The average molecular weight is 230 g/mol. The second-order valence-electron chi connectivity index (χ2n) is 4.23. The number of nitrogens with zero attached hydrogens (tertiary/aromatic N) is 2. The average Bonchev–Trinajstić information content (AvgIpc) is 2.30. The highest BCUT2D eigenvalue weighted by atomic mass is 32.2. The first kappa shape index (κ1) is 13.3. The van der Waals surface area contributed by atoms with Gasteiger partial charge >= 0.3 is 0 Å². The van der Waals surface area contributed by atoms with Crippen molar-refractivity contribution in [3.8, 4) is 0 Å². The fourth-order valence-corrected chi connectivity index (χ4v) is 2.80. The van der Waals surface area contributed by atoms with Gasteiger partial charge < -0.3 is 0 Å². The van der Waals surface area contributed by atoms with E-state index in [1.807, 2.05) is 0 Å². The zero-order valence-electron chi connectivity index (χ0n) is 10.4. The molecule has 0 aromatic heterocycles. The molecule has 0 N–H and O–H groups in total. The van der Waals surface area contributed by atoms with Gasteiger partial charge in [0, 0.05) is 37.7 Å². The van der Waals surface area contributed by atoms with Crippen molar-refractivity contribution in [1.82, 2.24) is 10.0 Å². The molecule has 1 fully saturated rings. The molecule has 15 heavy (non-hydrogen) atoms. The van der Waals surface area contributed by atoms with E-state index in [1.54, 1.807) is 0 Å². The predicted molar refractivity (Wildman–Crippen MR) is 70.3 cm³/mol. The lowest BCUT2D eigenvalue weighted by Crippen LogP contribution is -2.47. The van der Waals surface area contributed by atoms with E-state index in [0.29, 0.717) is 0 Å². The Hall–Kier alpha value is 0.270. The molecule has 2 nitrogen and oxygen atoms in total. The largest absolute Gasteiger partial charge is 0.242 e. The maximum atomic E-state index is 2.60. The van der Waals surface area contributed by atoms with Crippen molar-refractivity contribution in [2.75, 3.05) is 37.7 Å². The first-order valence-electron chi connectivity index (χ1n) is 6.46. The summed E-state index contributed by atoms with van der Waals surface area (Å²) in [5, 5.41) is 5.19. The molecule has 0 aromatic rings. The van der Waals surface area contributed by atoms with Crippen LogP contribution in [-0.2, 0) is 0 Å². The summed E-state index contributed by atoms with van der Waals surface area (Å²) >= 11 is 2.10. The van der Waals surface area contributed by atoms with Crippen molar-refractivity contribution in [2.24, 2.45) is 0 Å². The maximum absolute atomic E-state index is 2.60. The third-order valence-corrected chi connectivity index (χ3v) is 3.87. The highest BCUT2D eigenvalue weighted by molar-refractivity contribution is 7.99. The summed E-state index contributed by atoms with van der Waals surface area (Å²) < 4.78 is 0. The van der Waals surface area contributed by atoms with Gasteiger partial charge in [0.15, 0.2) is 0 Å². The molecule has 0 spiro atoms. The Morgan fingerprint density at radius 3 is 2.00 bits per heavy atom. The van der Waals surface area contributed by atoms with Crippen LogP contribution in [0.25, 0.3) is 0 Å². The number of hydrogen-bond acceptors (Lipinski definition) is 3. The van der Waals surface area contributed by atoms with Crippen LogP contribution < -0.4 is 0 Å². The monoisotopic (exact) mass is 230 g/mol. The summed E-state index contributed by atoms with van der Waals surface area (Å²) in [6, 6.07) is 0. The fraction of sp³-hybridized carbons (Fsp3) is 1.00. The van der Waals surface area contributed by atoms with E-state index in [1.165, 1.54) is 63.4 Å². The minimum absolute atomic E-state index is 1.26. The molecular formula is C12H26N2S. The fourth-order valence-electron chi connectivity index (χ4n) is 1.91. The number of hydrogen-bond donors (Lipinski definition) is 0. The van der Waals surface area contributed by atoms with Gasteiger partial charge in [0.2, 0.25) is 0 Å². The van der Waals surface area contributed by atoms with Crippen molar-refractivity contribution < 1.29 is 0 Å². The number of hydrazine groups is 1. The van der Waals surface area contributed by atoms with Crippen LogP contribution in [-0.4, -0.2) is 47.7 Å². The zero-order chi connectivity index (χ0) is 10.9. The third-order valence-electron chi connectivity index (χ3n) is 2.93. The van der Waals surface area contributed by atoms with Gasteiger partial charge in [0.1, 0.15) is 0 Å². The molecule has 1 saturated heterocycles. The van der Waals surface area contributed by atoms with Gasteiger partial charge in [0.25, 0.3) is 0 Å². The number of rotatable bonds is 7. The van der Waals surface area contributed by atoms with E-state index in [4.69, 9.17) is 0 Å². The molecule has 0 unspecified atom stereocenters. The van der Waals surface area contributed by atoms with E-state index < -0.39 is 0 Å². The van der Waals surface area contributed by atoms with Crippen LogP contribution in [0.2, 0.25) is 0 Å². The molecule has 90 valence electrons. The van der Waals surface area contributed by atoms with E-state index in [9.17, 15) is 0 Å². The standard InChI is InChI=1S/C12H26N2S/c1-3-5-7-13(8-6-4-2)14-9-11-15-12-10-14/h3-12H2,1-2H3. The summed E-state index contributed by atoms with van der Waals surface area (Å²) in [5.74, 6) is 2.63. The highest BCUT2D eigenvalue weighted by Crippen LogP contribution is 2.13. The maximum Gasteiger partial charge on any atom is 0.0224 e. The summed E-state index contributed by atoms with van der Waals surface area (Å²) in [7, 11) is 0. The number of unbranched alkanes of at least 4 members (excludes halogenated alkanes) is 2. The Morgan fingerprint density at radius 1 is 1.00 bits per heavy atom. The Labute approximate surface area is 99.4 Å². The van der Waals surface area contributed by atoms with Gasteiger partial charge in [-0.1, -0.05) is 26.7 Å². The van der Waals surface area contributed by atoms with Gasteiger partial charge in [-0.3, -0.25) is 0 Å². The van der Waals surface area contributed by atoms with E-state index >= 15 is 0 Å². The smallest absolute Gasteiger partial charge is 0.0224 e. The lowest BCUT2D eigenvalue weighted by atomic mass is 10.3. The Morgan fingerprint density at radius 2 is 1.53 bits per heavy atom. The van der Waals surface area contributed by atoms with Crippen LogP contribution in [0.5, 0.6) is 0 Å². The van der Waals surface area contributed by atoms with Crippen molar-refractivity contribution in [3.05, 3.63) is 0 Å². The minimum Gasteiger partial charge on any atom is -0.242 e. The lowest BCUT2D eigenvalue weighted by Gasteiger charge is -2.37. The molecule has 0 saturated carbocycles. The van der Waals surface area contributed by atoms with Crippen molar-refractivity contribution >= 4 is 11.8 Å². The molecule has 1 aliphatic rings. The van der Waals surface area contributed by atoms with E-state index in [-0.39, 0.29) is 0 Å². The second kappa shape index (κ2) is 8.43. The van der Waals surface area contributed by atoms with Crippen molar-refractivity contribution in [3.63, 3.8) is 0 Å². The molecule has 0 atom stereocenters. The van der Waals surface area contributed by atoms with Crippen LogP contribution in [0, 0.1) is 0 Å². The van der Waals surface area contributed by atoms with Gasteiger partial charge in [-0.05, 0) is 12.8 Å². The summed E-state index contributed by atoms with van der Waals surface area (Å²) in [6.45, 7) is 9.62. The summed E-state index contributed by atoms with van der Waals surface area (Å²) in [4.78, 5) is 0. The van der Waals surface area contributed by atoms with Crippen molar-refractivity contribution in [2.45, 2.75) is 39.5 Å². The molecule has 0 aromatic carbocycles. The first-order chi connectivity index (χ1) is 7.38. The second-order valence-corrected chi connectivity index (χ2v) is 5.45. The van der Waals surface area contributed by atoms with Crippen LogP contribution in [0.4, 0.5) is 0 Å². The third kappa shape index (κ3) is 5.23. The molecule has 1 heterocycles. The molecule has 3 heteroatoms. The van der Waals surface area contributed by atoms with E-state index in [0.717, 1.165) is 0 Å². The van der Waals surface area contributed by atoms with Gasteiger partial charge in [-0.25, -0.2) is 10.0 Å². The van der Waals surface area contributed by atoms with Crippen LogP contribution in [0.1, 0.15) is 39.5 Å². The Balaban J connectivity index is 2.30. The van der Waals surface area contributed by atoms with Gasteiger partial charge in [0.05, 0.1) is 0 Å². The quantitative estimate of drug-likeness (QED) is 0.664. The first-order valence-corrected chi connectivity index (χ1v) is 7.61. The summed E-state index contributed by atoms with van der Waals surface area (Å²) in [6.07, 6.45) is 5.30. The molecule has 0 amide bonds. The van der Waals surface area contributed by atoms with Crippen LogP contribution in [0.15, 0.2) is 0 Å². The molecule has 1 aliphatic heterocycles. The van der Waals surface area contributed by atoms with Crippen LogP contribution in [0.3, 0.4) is 0 Å². The zero-order valence-corrected chi connectivity index (χ0v) is 11.2.